The minimum Gasteiger partial charge on any atom is -0.307 e. The molecule has 1 heterocycles. The van der Waals surface area contributed by atoms with Crippen LogP contribution in [0.2, 0.25) is 0 Å². The number of hydrogen-bond acceptors (Lipinski definition) is 2. The molecule has 0 unspecified atom stereocenters. The molecule has 3 nitrogen and oxygen atoms in total. The Bertz CT molecular complexity index is 694. The number of ketones is 1. The van der Waals surface area contributed by atoms with E-state index in [1.165, 1.54) is 12.1 Å². The normalized spacial score (nSPS) is 14.8. The first-order valence-electron chi connectivity index (χ1n) is 6.82. The number of Topliss-reactive ketones (excluding diaryl/α,β-unsaturated/α-hetero) is 1. The van der Waals surface area contributed by atoms with Gasteiger partial charge in [-0.3, -0.25) is 9.59 Å². The summed E-state index contributed by atoms with van der Waals surface area (Å²) in [5.41, 5.74) is 2.04. The van der Waals surface area contributed by atoms with Crippen molar-refractivity contribution in [2.45, 2.75) is 19.4 Å². The zero-order valence-corrected chi connectivity index (χ0v) is 11.4. The molecule has 0 saturated carbocycles. The Balaban J connectivity index is 1.99. The van der Waals surface area contributed by atoms with Crippen LogP contribution in [0, 0.1) is 5.82 Å². The maximum Gasteiger partial charge on any atom is 0.227 e. The van der Waals surface area contributed by atoms with Crippen LogP contribution in [0.1, 0.15) is 28.8 Å². The van der Waals surface area contributed by atoms with E-state index in [0.29, 0.717) is 17.8 Å². The van der Waals surface area contributed by atoms with E-state index in [9.17, 15) is 14.0 Å². The van der Waals surface area contributed by atoms with Crippen LogP contribution < -0.4 is 4.90 Å². The standard InChI is InChI=1S/C17H14FNO2/c18-13-7-5-12(6-8-13)11-19-15-4-2-1-3-14(15)16(20)9-10-17(19)21/h1-8H,9-11H2. The Labute approximate surface area is 122 Å². The van der Waals surface area contributed by atoms with Crippen LogP contribution in [-0.4, -0.2) is 11.7 Å². The lowest BCUT2D eigenvalue weighted by Crippen LogP contribution is -2.29. The largest absolute Gasteiger partial charge is 0.307 e. The van der Waals surface area contributed by atoms with Crippen molar-refractivity contribution in [3.05, 3.63) is 65.5 Å². The average molecular weight is 283 g/mol. The molecule has 1 aliphatic heterocycles. The lowest BCUT2D eigenvalue weighted by Gasteiger charge is -2.22. The highest BCUT2D eigenvalue weighted by atomic mass is 19.1. The second-order valence-corrected chi connectivity index (χ2v) is 5.05. The van der Waals surface area contributed by atoms with Gasteiger partial charge >= 0.3 is 0 Å². The SMILES string of the molecule is O=C1CCC(=O)N(Cc2ccc(F)cc2)c2ccccc21. The molecule has 0 aliphatic carbocycles. The molecule has 0 fully saturated rings. The monoisotopic (exact) mass is 283 g/mol. The Kier molecular flexibility index (Phi) is 3.52. The first-order chi connectivity index (χ1) is 10.1. The summed E-state index contributed by atoms with van der Waals surface area (Å²) in [6.07, 6.45) is 0.435. The molecule has 0 bridgehead atoms. The van der Waals surface area contributed by atoms with Gasteiger partial charge in [0.15, 0.2) is 5.78 Å². The molecule has 1 aliphatic rings. The minimum absolute atomic E-state index is 0.0134. The number of anilines is 1. The van der Waals surface area contributed by atoms with Gasteiger partial charge in [-0.2, -0.15) is 0 Å². The number of carbonyl (C=O) groups excluding carboxylic acids is 2. The van der Waals surface area contributed by atoms with Crippen molar-refractivity contribution < 1.29 is 14.0 Å². The number of rotatable bonds is 2. The van der Waals surface area contributed by atoms with Crippen LogP contribution in [0.4, 0.5) is 10.1 Å². The minimum atomic E-state index is -0.309. The molecule has 3 rings (SSSR count). The van der Waals surface area contributed by atoms with Crippen molar-refractivity contribution in [1.82, 2.24) is 0 Å². The molecule has 21 heavy (non-hydrogen) atoms. The molecule has 0 radical (unpaired) electrons. The fraction of sp³-hybridized carbons (Fsp3) is 0.176. The van der Waals surface area contributed by atoms with Crippen molar-refractivity contribution in [3.8, 4) is 0 Å². The first-order valence-corrected chi connectivity index (χ1v) is 6.82. The third-order valence-electron chi connectivity index (χ3n) is 3.62. The predicted octanol–water partition coefficient (Wildman–Crippen LogP) is 3.34. The molecule has 0 N–H and O–H groups in total. The second kappa shape index (κ2) is 5.48. The molecule has 0 atom stereocenters. The van der Waals surface area contributed by atoms with E-state index in [0.717, 1.165) is 5.56 Å². The van der Waals surface area contributed by atoms with E-state index in [-0.39, 0.29) is 30.3 Å². The van der Waals surface area contributed by atoms with Gasteiger partial charge in [-0.25, -0.2) is 4.39 Å². The highest BCUT2D eigenvalue weighted by molar-refractivity contribution is 6.09. The Morgan fingerprint density at radius 3 is 2.43 bits per heavy atom. The van der Waals surface area contributed by atoms with Gasteiger partial charge in [-0.15, -0.1) is 0 Å². The van der Waals surface area contributed by atoms with Gasteiger partial charge in [-0.05, 0) is 29.8 Å². The third-order valence-corrected chi connectivity index (χ3v) is 3.62. The molecular formula is C17H14FNO2. The predicted molar refractivity (Wildman–Crippen MR) is 77.6 cm³/mol. The first kappa shape index (κ1) is 13.5. The van der Waals surface area contributed by atoms with E-state index in [1.54, 1.807) is 35.2 Å². The smallest absolute Gasteiger partial charge is 0.227 e. The van der Waals surface area contributed by atoms with Crippen molar-refractivity contribution in [2.75, 3.05) is 4.90 Å². The summed E-state index contributed by atoms with van der Waals surface area (Å²) in [6.45, 7) is 0.337. The van der Waals surface area contributed by atoms with Gasteiger partial charge in [-0.1, -0.05) is 24.3 Å². The quantitative estimate of drug-likeness (QED) is 0.847. The third kappa shape index (κ3) is 2.70. The molecule has 2 aromatic rings. The molecule has 0 aromatic heterocycles. The highest BCUT2D eigenvalue weighted by Crippen LogP contribution is 2.28. The maximum absolute atomic E-state index is 13.0. The molecule has 106 valence electrons. The van der Waals surface area contributed by atoms with Crippen LogP contribution in [0.3, 0.4) is 0 Å². The maximum atomic E-state index is 13.0. The number of carbonyl (C=O) groups is 2. The fourth-order valence-electron chi connectivity index (χ4n) is 2.51. The van der Waals surface area contributed by atoms with Gasteiger partial charge in [0, 0.05) is 18.4 Å². The number of halogens is 1. The summed E-state index contributed by atoms with van der Waals surface area (Å²) in [5.74, 6) is -0.408. The topological polar surface area (TPSA) is 37.4 Å². The summed E-state index contributed by atoms with van der Waals surface area (Å²) in [7, 11) is 0. The van der Waals surface area contributed by atoms with E-state index in [2.05, 4.69) is 0 Å². The van der Waals surface area contributed by atoms with Crippen molar-refractivity contribution in [1.29, 1.82) is 0 Å². The summed E-state index contributed by atoms with van der Waals surface area (Å²) in [4.78, 5) is 26.0. The summed E-state index contributed by atoms with van der Waals surface area (Å²) < 4.78 is 13.0. The van der Waals surface area contributed by atoms with Gasteiger partial charge < -0.3 is 4.90 Å². The molecule has 0 spiro atoms. The van der Waals surface area contributed by atoms with E-state index in [4.69, 9.17) is 0 Å². The van der Waals surface area contributed by atoms with Crippen molar-refractivity contribution in [2.24, 2.45) is 0 Å². The van der Waals surface area contributed by atoms with Gasteiger partial charge in [0.2, 0.25) is 5.91 Å². The lowest BCUT2D eigenvalue weighted by atomic mass is 10.1. The lowest BCUT2D eigenvalue weighted by molar-refractivity contribution is -0.118. The number of benzene rings is 2. The number of fused-ring (bicyclic) bond motifs is 1. The Morgan fingerprint density at radius 2 is 1.67 bits per heavy atom. The van der Waals surface area contributed by atoms with Crippen LogP contribution in [0.15, 0.2) is 48.5 Å². The Morgan fingerprint density at radius 1 is 0.952 bits per heavy atom. The summed E-state index contributed by atoms with van der Waals surface area (Å²) >= 11 is 0. The molecule has 0 saturated heterocycles. The number of nitrogens with zero attached hydrogens (tertiary/aromatic N) is 1. The molecular weight excluding hydrogens is 269 g/mol. The zero-order valence-electron chi connectivity index (χ0n) is 11.4. The number of amides is 1. The van der Waals surface area contributed by atoms with Crippen LogP contribution in [0.5, 0.6) is 0 Å². The molecule has 4 heteroatoms. The second-order valence-electron chi connectivity index (χ2n) is 5.05. The van der Waals surface area contributed by atoms with Crippen LogP contribution in [-0.2, 0) is 11.3 Å². The molecule has 2 aromatic carbocycles. The van der Waals surface area contributed by atoms with Gasteiger partial charge in [0.1, 0.15) is 5.82 Å². The highest BCUT2D eigenvalue weighted by Gasteiger charge is 2.26. The summed E-state index contributed by atoms with van der Waals surface area (Å²) in [5, 5.41) is 0. The van der Waals surface area contributed by atoms with Crippen LogP contribution >= 0.6 is 0 Å². The van der Waals surface area contributed by atoms with Gasteiger partial charge in [0.05, 0.1) is 12.2 Å². The summed E-state index contributed by atoms with van der Waals surface area (Å²) in [6, 6.07) is 13.2. The van der Waals surface area contributed by atoms with E-state index >= 15 is 0 Å². The zero-order chi connectivity index (χ0) is 14.8. The van der Waals surface area contributed by atoms with E-state index < -0.39 is 0 Å². The van der Waals surface area contributed by atoms with Gasteiger partial charge in [0.25, 0.3) is 0 Å². The van der Waals surface area contributed by atoms with E-state index in [1.807, 2.05) is 6.07 Å². The molecule has 1 amide bonds. The average Bonchev–Trinajstić information content (AvgIpc) is 2.62. The van der Waals surface area contributed by atoms with Crippen molar-refractivity contribution in [3.63, 3.8) is 0 Å². The Hall–Kier alpha value is -2.49. The number of hydrogen-bond donors (Lipinski definition) is 0. The van der Waals surface area contributed by atoms with Crippen molar-refractivity contribution >= 4 is 17.4 Å². The fourth-order valence-corrected chi connectivity index (χ4v) is 2.51. The number of para-hydroxylation sites is 1. The van der Waals surface area contributed by atoms with Crippen LogP contribution in [0.25, 0.3) is 0 Å².